The van der Waals surface area contributed by atoms with Crippen LogP contribution in [0.2, 0.25) is 0 Å². The zero-order valence-corrected chi connectivity index (χ0v) is 7.68. The van der Waals surface area contributed by atoms with E-state index in [4.69, 9.17) is 0 Å². The van der Waals surface area contributed by atoms with Crippen LogP contribution >= 0.6 is 12.4 Å². The third-order valence-electron chi connectivity index (χ3n) is 0.711. The van der Waals surface area contributed by atoms with E-state index in [0.717, 1.165) is 0 Å². The Morgan fingerprint density at radius 2 is 2.00 bits per heavy atom. The third-order valence-corrected chi connectivity index (χ3v) is 0.711. The summed E-state index contributed by atoms with van der Waals surface area (Å²) in [7, 11) is 3.40. The van der Waals surface area contributed by atoms with Crippen molar-refractivity contribution < 1.29 is 14.4 Å². The number of nitrogens with one attached hydrogen (secondary N) is 1. The quantitative estimate of drug-likeness (QED) is 0.562. The van der Waals surface area contributed by atoms with Crippen LogP contribution in [0.15, 0.2) is 0 Å². The topological polar surface area (TPSA) is 84.7 Å². The Labute approximate surface area is 76.4 Å². The normalized spacial score (nSPS) is 8.58. The first-order valence-corrected chi connectivity index (χ1v) is 2.92. The van der Waals surface area contributed by atoms with Crippen molar-refractivity contribution in [2.24, 2.45) is 5.73 Å². The minimum absolute atomic E-state index is 0. The smallest absolute Gasteiger partial charge is 0.346 e. The van der Waals surface area contributed by atoms with Gasteiger partial charge in [0, 0.05) is 0 Å². The summed E-state index contributed by atoms with van der Waals surface area (Å²) < 4.78 is 0. The van der Waals surface area contributed by atoms with Crippen LogP contribution in [0, 0.1) is 0 Å². The molecule has 0 heterocycles. The van der Waals surface area contributed by atoms with E-state index in [1.54, 1.807) is 24.5 Å². The minimum Gasteiger partial charge on any atom is -0.349 e. The average Bonchev–Trinajstić information content (AvgIpc) is 1.82. The van der Waals surface area contributed by atoms with Crippen molar-refractivity contribution in [3.63, 3.8) is 0 Å². The van der Waals surface area contributed by atoms with Gasteiger partial charge in [0.25, 0.3) is 0 Å². The van der Waals surface area contributed by atoms with Gasteiger partial charge in [-0.15, -0.1) is 12.4 Å². The fourth-order valence-corrected chi connectivity index (χ4v) is 0.398. The summed E-state index contributed by atoms with van der Waals surface area (Å²) >= 11 is 0. The molecule has 0 saturated carbocycles. The SMILES string of the molecule is CN(C)CC(=O)ONC(N)=O.Cl. The van der Waals surface area contributed by atoms with Crippen molar-refractivity contribution in [3.8, 4) is 0 Å². The number of nitrogens with two attached hydrogens (primary N) is 1. The Bertz CT molecular complexity index is 162. The number of urea groups is 1. The predicted octanol–water partition coefficient (Wildman–Crippen LogP) is -0.904. The zero-order valence-electron chi connectivity index (χ0n) is 6.86. The molecule has 0 aromatic carbocycles. The zero-order chi connectivity index (χ0) is 8.85. The van der Waals surface area contributed by atoms with E-state index in [9.17, 15) is 9.59 Å². The van der Waals surface area contributed by atoms with Gasteiger partial charge in [0.2, 0.25) is 0 Å². The standard InChI is InChI=1S/C5H11N3O3.ClH/c1-8(2)3-4(9)11-7-5(6)10;/h3H2,1-2H3,(H3,6,7,10);1H. The highest BCUT2D eigenvalue weighted by Crippen LogP contribution is 1.77. The minimum atomic E-state index is -0.892. The number of hydrogen-bond donors (Lipinski definition) is 2. The number of hydrogen-bond acceptors (Lipinski definition) is 4. The number of carbonyl (C=O) groups excluding carboxylic acids is 2. The van der Waals surface area contributed by atoms with Crippen LogP contribution in [0.5, 0.6) is 0 Å². The molecule has 0 aliphatic carbocycles. The molecular weight excluding hydrogens is 186 g/mol. The van der Waals surface area contributed by atoms with Crippen molar-refractivity contribution in [2.75, 3.05) is 20.6 Å². The second-order valence-electron chi connectivity index (χ2n) is 2.18. The van der Waals surface area contributed by atoms with Gasteiger partial charge in [-0.05, 0) is 14.1 Å². The lowest BCUT2D eigenvalue weighted by atomic mass is 10.6. The molecule has 0 radical (unpaired) electrons. The van der Waals surface area contributed by atoms with E-state index in [1.807, 2.05) is 0 Å². The molecule has 0 saturated heterocycles. The Morgan fingerprint density at radius 1 is 1.50 bits per heavy atom. The second kappa shape index (κ2) is 6.68. The number of amides is 2. The van der Waals surface area contributed by atoms with Crippen LogP contribution in [0.25, 0.3) is 0 Å². The molecule has 0 atom stereocenters. The molecule has 6 nitrogen and oxygen atoms in total. The lowest BCUT2D eigenvalue weighted by Gasteiger charge is -2.07. The Kier molecular flexibility index (Phi) is 7.56. The van der Waals surface area contributed by atoms with Gasteiger partial charge in [-0.2, -0.15) is 5.48 Å². The predicted molar refractivity (Wildman–Crippen MR) is 44.6 cm³/mol. The summed E-state index contributed by atoms with van der Waals surface area (Å²) in [6.07, 6.45) is 0. The Hall–Kier alpha value is -1.01. The van der Waals surface area contributed by atoms with Gasteiger partial charge in [0.05, 0.1) is 6.54 Å². The number of halogens is 1. The number of likely N-dealkylation sites (N-methyl/N-ethyl adjacent to an activating group) is 1. The van der Waals surface area contributed by atoms with Crippen LogP contribution in [0.3, 0.4) is 0 Å². The van der Waals surface area contributed by atoms with Gasteiger partial charge in [-0.1, -0.05) is 0 Å². The first kappa shape index (κ1) is 13.6. The molecule has 0 bridgehead atoms. The van der Waals surface area contributed by atoms with Crippen molar-refractivity contribution in [1.82, 2.24) is 10.4 Å². The fourth-order valence-electron chi connectivity index (χ4n) is 0.398. The van der Waals surface area contributed by atoms with E-state index in [1.165, 1.54) is 0 Å². The van der Waals surface area contributed by atoms with Crippen molar-refractivity contribution in [2.45, 2.75) is 0 Å². The van der Waals surface area contributed by atoms with E-state index in [0.29, 0.717) is 0 Å². The van der Waals surface area contributed by atoms with Gasteiger partial charge in [0.15, 0.2) is 0 Å². The highest BCUT2D eigenvalue weighted by atomic mass is 35.5. The van der Waals surface area contributed by atoms with Crippen molar-refractivity contribution in [1.29, 1.82) is 0 Å². The first-order valence-electron chi connectivity index (χ1n) is 2.92. The Balaban J connectivity index is 0. The van der Waals surface area contributed by atoms with Crippen LogP contribution in [0.1, 0.15) is 0 Å². The van der Waals surface area contributed by atoms with E-state index in [2.05, 4.69) is 10.6 Å². The maximum atomic E-state index is 10.6. The molecule has 7 heteroatoms. The highest BCUT2D eigenvalue weighted by Gasteiger charge is 2.04. The monoisotopic (exact) mass is 197 g/mol. The van der Waals surface area contributed by atoms with Crippen LogP contribution in [-0.4, -0.2) is 37.5 Å². The van der Waals surface area contributed by atoms with Gasteiger partial charge in [-0.3, -0.25) is 4.90 Å². The maximum absolute atomic E-state index is 10.6. The van der Waals surface area contributed by atoms with Gasteiger partial charge in [0.1, 0.15) is 0 Å². The van der Waals surface area contributed by atoms with E-state index < -0.39 is 12.0 Å². The maximum Gasteiger partial charge on any atom is 0.346 e. The lowest BCUT2D eigenvalue weighted by Crippen LogP contribution is -2.35. The summed E-state index contributed by atoms with van der Waals surface area (Å²) in [5.74, 6) is -0.561. The molecule has 3 N–H and O–H groups in total. The molecular formula is C5H12ClN3O3. The summed E-state index contributed by atoms with van der Waals surface area (Å²) in [5.41, 5.74) is 6.34. The Morgan fingerprint density at radius 3 is 2.33 bits per heavy atom. The van der Waals surface area contributed by atoms with Crippen molar-refractivity contribution in [3.05, 3.63) is 0 Å². The molecule has 0 rings (SSSR count). The van der Waals surface area contributed by atoms with Crippen LogP contribution < -0.4 is 11.2 Å². The van der Waals surface area contributed by atoms with E-state index >= 15 is 0 Å². The van der Waals surface area contributed by atoms with Gasteiger partial charge < -0.3 is 10.6 Å². The fraction of sp³-hybridized carbons (Fsp3) is 0.600. The molecule has 72 valence electrons. The first-order chi connectivity index (χ1) is 5.02. The molecule has 0 aromatic heterocycles. The van der Waals surface area contributed by atoms with Crippen molar-refractivity contribution >= 4 is 24.4 Å². The number of rotatable bonds is 2. The molecule has 12 heavy (non-hydrogen) atoms. The number of hydroxylamine groups is 1. The molecule has 0 aromatic rings. The average molecular weight is 198 g/mol. The number of carbonyl (C=O) groups is 2. The lowest BCUT2D eigenvalue weighted by molar-refractivity contribution is -0.149. The molecule has 2 amide bonds. The number of nitrogens with zero attached hydrogens (tertiary/aromatic N) is 1. The van der Waals surface area contributed by atoms with Gasteiger partial charge in [-0.25, -0.2) is 9.59 Å². The van der Waals surface area contributed by atoms with Gasteiger partial charge >= 0.3 is 12.0 Å². The van der Waals surface area contributed by atoms with Crippen LogP contribution in [-0.2, 0) is 9.63 Å². The molecule has 0 unspecified atom stereocenters. The summed E-state index contributed by atoms with van der Waals surface area (Å²) in [6.45, 7) is 0.0975. The summed E-state index contributed by atoms with van der Waals surface area (Å²) in [5, 5.41) is 0. The third kappa shape index (κ3) is 8.99. The molecule has 0 aliphatic rings. The highest BCUT2D eigenvalue weighted by molar-refractivity contribution is 5.85. The number of primary amides is 1. The largest absolute Gasteiger partial charge is 0.349 e. The molecule has 0 spiro atoms. The van der Waals surface area contributed by atoms with E-state index in [-0.39, 0.29) is 19.0 Å². The summed E-state index contributed by atoms with van der Waals surface area (Å²) in [6, 6.07) is -0.892. The molecule has 0 aliphatic heterocycles. The van der Waals surface area contributed by atoms with Crippen LogP contribution in [0.4, 0.5) is 4.79 Å². The second-order valence-corrected chi connectivity index (χ2v) is 2.18. The summed E-state index contributed by atoms with van der Waals surface area (Å²) in [4.78, 5) is 26.4. The molecule has 0 fully saturated rings.